The van der Waals surface area contributed by atoms with Crippen LogP contribution in [0.25, 0.3) is 0 Å². The lowest BCUT2D eigenvalue weighted by Crippen LogP contribution is -2.62. The standard InChI is InChI=1S/C20H20N2O4S2/c23-14-20(21-19(25)26,11-15-5-7-16(24)8-6-15)22(12-17-3-1-9-27-17)13-18-4-2-10-28-18/h1-10,14,21,24H,11-13H2,(H,25,26)/t20-/m0/s1. The van der Waals surface area contributed by atoms with E-state index in [-0.39, 0.29) is 12.2 Å². The van der Waals surface area contributed by atoms with Gasteiger partial charge in [0.05, 0.1) is 0 Å². The van der Waals surface area contributed by atoms with Crippen molar-refractivity contribution in [2.24, 2.45) is 0 Å². The summed E-state index contributed by atoms with van der Waals surface area (Å²) in [7, 11) is 0. The van der Waals surface area contributed by atoms with E-state index in [2.05, 4.69) is 5.32 Å². The highest BCUT2D eigenvalue weighted by Gasteiger charge is 2.39. The van der Waals surface area contributed by atoms with Crippen LogP contribution in [0.1, 0.15) is 15.3 Å². The number of nitrogens with zero attached hydrogens (tertiary/aromatic N) is 1. The second-order valence-electron chi connectivity index (χ2n) is 6.33. The van der Waals surface area contributed by atoms with E-state index in [9.17, 15) is 19.8 Å². The maximum Gasteiger partial charge on any atom is 0.406 e. The fraction of sp³-hybridized carbons (Fsp3) is 0.200. The van der Waals surface area contributed by atoms with Crippen LogP contribution in [-0.2, 0) is 24.3 Å². The summed E-state index contributed by atoms with van der Waals surface area (Å²) in [4.78, 5) is 27.8. The normalized spacial score (nSPS) is 13.2. The molecule has 0 aliphatic heterocycles. The van der Waals surface area contributed by atoms with E-state index in [1.807, 2.05) is 39.9 Å². The van der Waals surface area contributed by atoms with Gasteiger partial charge in [-0.2, -0.15) is 0 Å². The molecule has 1 aromatic carbocycles. The van der Waals surface area contributed by atoms with Crippen molar-refractivity contribution in [2.75, 3.05) is 0 Å². The van der Waals surface area contributed by atoms with Gasteiger partial charge in [0.15, 0.2) is 11.9 Å². The molecule has 0 saturated carbocycles. The molecule has 6 nitrogen and oxygen atoms in total. The summed E-state index contributed by atoms with van der Waals surface area (Å²) < 4.78 is 0. The predicted octanol–water partition coefficient (Wildman–Crippen LogP) is 3.92. The number of benzene rings is 1. The number of hydrogen-bond acceptors (Lipinski definition) is 6. The number of hydrogen-bond donors (Lipinski definition) is 3. The monoisotopic (exact) mass is 416 g/mol. The van der Waals surface area contributed by atoms with Crippen LogP contribution in [-0.4, -0.2) is 33.2 Å². The maximum absolute atomic E-state index is 12.3. The highest BCUT2D eigenvalue weighted by atomic mass is 32.1. The summed E-state index contributed by atoms with van der Waals surface area (Å²) in [6, 6.07) is 14.2. The Bertz CT molecular complexity index is 859. The largest absolute Gasteiger partial charge is 0.508 e. The zero-order chi connectivity index (χ0) is 20.0. The van der Waals surface area contributed by atoms with Crippen LogP contribution in [0.3, 0.4) is 0 Å². The minimum Gasteiger partial charge on any atom is -0.508 e. The van der Waals surface area contributed by atoms with Crippen LogP contribution in [0.2, 0.25) is 0 Å². The molecule has 0 unspecified atom stereocenters. The topological polar surface area (TPSA) is 89.9 Å². The first kappa shape index (κ1) is 20.1. The van der Waals surface area contributed by atoms with E-state index in [0.717, 1.165) is 15.3 Å². The molecule has 0 aliphatic carbocycles. The SMILES string of the molecule is O=C[C@@](Cc1ccc(O)cc1)(NC(=O)O)N(Cc1cccs1)Cc1cccs1. The van der Waals surface area contributed by atoms with E-state index >= 15 is 0 Å². The van der Waals surface area contributed by atoms with Crippen LogP contribution in [0.15, 0.2) is 59.3 Å². The van der Waals surface area contributed by atoms with Gasteiger partial charge in [-0.25, -0.2) is 4.79 Å². The molecule has 0 aliphatic rings. The number of aromatic hydroxyl groups is 1. The van der Waals surface area contributed by atoms with Gasteiger partial charge in [0, 0.05) is 29.3 Å². The van der Waals surface area contributed by atoms with Crippen LogP contribution in [0.5, 0.6) is 5.75 Å². The molecule has 8 heteroatoms. The van der Waals surface area contributed by atoms with E-state index < -0.39 is 11.8 Å². The van der Waals surface area contributed by atoms with Crippen molar-refractivity contribution < 1.29 is 19.8 Å². The third-order valence-electron chi connectivity index (χ3n) is 4.35. The molecule has 0 saturated heterocycles. The number of aldehydes is 1. The summed E-state index contributed by atoms with van der Waals surface area (Å²) in [6.07, 6.45) is -0.470. The second-order valence-corrected chi connectivity index (χ2v) is 8.39. The van der Waals surface area contributed by atoms with Crippen molar-refractivity contribution in [1.82, 2.24) is 10.2 Å². The molecule has 0 spiro atoms. The Kier molecular flexibility index (Phi) is 6.45. The van der Waals surface area contributed by atoms with Crippen LogP contribution >= 0.6 is 22.7 Å². The number of amides is 1. The zero-order valence-electron chi connectivity index (χ0n) is 14.9. The molecule has 146 valence electrons. The number of carboxylic acid groups (broad SMARTS) is 1. The fourth-order valence-electron chi connectivity index (χ4n) is 3.01. The molecule has 1 amide bonds. The molecule has 2 aromatic heterocycles. The number of nitrogens with one attached hydrogen (secondary N) is 1. The highest BCUT2D eigenvalue weighted by molar-refractivity contribution is 7.10. The Morgan fingerprint density at radius 3 is 2.04 bits per heavy atom. The first-order valence-electron chi connectivity index (χ1n) is 8.56. The number of rotatable bonds is 9. The van der Waals surface area contributed by atoms with Crippen molar-refractivity contribution in [3.8, 4) is 5.75 Å². The van der Waals surface area contributed by atoms with Gasteiger partial charge >= 0.3 is 6.09 Å². The molecule has 0 fully saturated rings. The first-order chi connectivity index (χ1) is 13.5. The first-order valence-corrected chi connectivity index (χ1v) is 10.3. The fourth-order valence-corrected chi connectivity index (χ4v) is 4.45. The molecule has 0 bridgehead atoms. The molecule has 1 atom stereocenters. The van der Waals surface area contributed by atoms with Crippen molar-refractivity contribution in [1.29, 1.82) is 0 Å². The van der Waals surface area contributed by atoms with Crippen molar-refractivity contribution >= 4 is 35.1 Å². The molecule has 2 heterocycles. The van der Waals surface area contributed by atoms with Crippen LogP contribution < -0.4 is 5.32 Å². The van der Waals surface area contributed by atoms with Gasteiger partial charge in [-0.1, -0.05) is 24.3 Å². The number of phenolic OH excluding ortho intramolecular Hbond substituents is 1. The molecule has 3 N–H and O–H groups in total. The van der Waals surface area contributed by atoms with Gasteiger partial charge in [0.25, 0.3) is 0 Å². The molecule has 3 rings (SSSR count). The number of thiophene rings is 2. The third kappa shape index (κ3) is 4.98. The summed E-state index contributed by atoms with van der Waals surface area (Å²) in [5, 5.41) is 25.3. The summed E-state index contributed by atoms with van der Waals surface area (Å²) >= 11 is 3.11. The van der Waals surface area contributed by atoms with Gasteiger partial charge < -0.3 is 10.2 Å². The van der Waals surface area contributed by atoms with Crippen LogP contribution in [0, 0.1) is 0 Å². The Hall–Kier alpha value is -2.68. The minimum atomic E-state index is -1.45. The van der Waals surface area contributed by atoms with Crippen molar-refractivity contribution in [3.63, 3.8) is 0 Å². The molecular formula is C20H20N2O4S2. The quantitative estimate of drug-likeness (QED) is 0.363. The molecule has 28 heavy (non-hydrogen) atoms. The number of carbonyl (C=O) groups excluding carboxylic acids is 1. The number of phenols is 1. The van der Waals surface area contributed by atoms with E-state index in [4.69, 9.17) is 0 Å². The van der Waals surface area contributed by atoms with E-state index in [1.165, 1.54) is 12.1 Å². The maximum atomic E-state index is 12.3. The molecule has 0 radical (unpaired) electrons. The van der Waals surface area contributed by atoms with Gasteiger partial charge in [-0.05, 0) is 40.6 Å². The predicted molar refractivity (Wildman–Crippen MR) is 110 cm³/mol. The van der Waals surface area contributed by atoms with Crippen molar-refractivity contribution in [2.45, 2.75) is 25.2 Å². The highest BCUT2D eigenvalue weighted by Crippen LogP contribution is 2.26. The average Bonchev–Trinajstić information content (AvgIpc) is 3.36. The average molecular weight is 417 g/mol. The van der Waals surface area contributed by atoms with Gasteiger partial charge in [-0.15, -0.1) is 22.7 Å². The molecule has 3 aromatic rings. The van der Waals surface area contributed by atoms with E-state index in [0.29, 0.717) is 19.4 Å². The van der Waals surface area contributed by atoms with Gasteiger partial charge in [-0.3, -0.25) is 15.0 Å². The Morgan fingerprint density at radius 1 is 1.04 bits per heavy atom. The van der Waals surface area contributed by atoms with Crippen molar-refractivity contribution in [3.05, 3.63) is 74.6 Å². The van der Waals surface area contributed by atoms with E-state index in [1.54, 1.807) is 34.8 Å². The third-order valence-corrected chi connectivity index (χ3v) is 6.07. The zero-order valence-corrected chi connectivity index (χ0v) is 16.6. The Morgan fingerprint density at radius 2 is 1.61 bits per heavy atom. The molecular weight excluding hydrogens is 396 g/mol. The van der Waals surface area contributed by atoms with Gasteiger partial charge in [0.1, 0.15) is 5.75 Å². The Labute approximate surface area is 170 Å². The lowest BCUT2D eigenvalue weighted by molar-refractivity contribution is -0.121. The second kappa shape index (κ2) is 9.01. The summed E-state index contributed by atoms with van der Waals surface area (Å²) in [5.41, 5.74) is -0.711. The Balaban J connectivity index is 1.99. The lowest BCUT2D eigenvalue weighted by Gasteiger charge is -2.39. The number of carbonyl (C=O) groups is 2. The summed E-state index contributed by atoms with van der Waals surface area (Å²) in [6.45, 7) is 0.847. The summed E-state index contributed by atoms with van der Waals surface area (Å²) in [5.74, 6) is 0.112. The lowest BCUT2D eigenvalue weighted by atomic mass is 9.98. The van der Waals surface area contributed by atoms with Crippen LogP contribution in [0.4, 0.5) is 4.79 Å². The smallest absolute Gasteiger partial charge is 0.406 e. The van der Waals surface area contributed by atoms with Gasteiger partial charge in [0.2, 0.25) is 0 Å². The minimum absolute atomic E-state index is 0.112.